The quantitative estimate of drug-likeness (QED) is 0.169. The van der Waals surface area contributed by atoms with Crippen LogP contribution in [0.5, 0.6) is 0 Å². The minimum atomic E-state index is 0.879. The largest absolute Gasteiger partial charge is 0.456 e. The lowest BCUT2D eigenvalue weighted by Gasteiger charge is -2.29. The van der Waals surface area contributed by atoms with E-state index in [1.54, 1.807) is 0 Å². The Balaban J connectivity index is 0.920. The van der Waals surface area contributed by atoms with E-state index in [9.17, 15) is 0 Å². The Morgan fingerprint density at radius 3 is 1.10 bits per heavy atom. The highest BCUT2D eigenvalue weighted by molar-refractivity contribution is 6.16. The summed E-state index contributed by atoms with van der Waals surface area (Å²) in [6, 6.07) is 73.7. The molecular formula is C56H34N2O2. The van der Waals surface area contributed by atoms with Crippen LogP contribution in [0.4, 0.5) is 34.1 Å². The Morgan fingerprint density at radius 2 is 0.650 bits per heavy atom. The third-order valence-corrected chi connectivity index (χ3v) is 12.3. The van der Waals surface area contributed by atoms with Gasteiger partial charge < -0.3 is 18.6 Å². The van der Waals surface area contributed by atoms with Crippen molar-refractivity contribution in [3.05, 3.63) is 206 Å². The van der Waals surface area contributed by atoms with E-state index in [1.165, 1.54) is 43.8 Å². The van der Waals surface area contributed by atoms with Gasteiger partial charge in [-0.05, 0) is 153 Å². The molecule has 4 nitrogen and oxygen atoms in total. The van der Waals surface area contributed by atoms with Gasteiger partial charge >= 0.3 is 0 Å². The molecule has 1 aliphatic rings. The molecule has 0 saturated heterocycles. The molecule has 1 aliphatic carbocycles. The van der Waals surface area contributed by atoms with Crippen LogP contribution in [0, 0.1) is 0 Å². The summed E-state index contributed by atoms with van der Waals surface area (Å²) in [6.45, 7) is 0. The average molecular weight is 767 g/mol. The fraction of sp³-hybridized carbons (Fsp3) is 0. The molecule has 0 amide bonds. The molecule has 13 rings (SSSR count). The van der Waals surface area contributed by atoms with Crippen LogP contribution in [0.2, 0.25) is 0 Å². The fourth-order valence-corrected chi connectivity index (χ4v) is 9.57. The van der Waals surface area contributed by atoms with Gasteiger partial charge in [0.05, 0.1) is 22.1 Å². The molecule has 0 spiro atoms. The van der Waals surface area contributed by atoms with Crippen LogP contribution >= 0.6 is 0 Å². The van der Waals surface area contributed by atoms with Crippen molar-refractivity contribution in [1.29, 1.82) is 0 Å². The summed E-state index contributed by atoms with van der Waals surface area (Å²) >= 11 is 0. The van der Waals surface area contributed by atoms with Gasteiger partial charge in [-0.2, -0.15) is 0 Å². The summed E-state index contributed by atoms with van der Waals surface area (Å²) in [5.41, 5.74) is 15.3. The number of rotatable bonds is 6. The van der Waals surface area contributed by atoms with Gasteiger partial charge in [-0.25, -0.2) is 0 Å². The number of benzene rings is 10. The van der Waals surface area contributed by atoms with Crippen molar-refractivity contribution in [3.63, 3.8) is 0 Å². The lowest BCUT2D eigenvalue weighted by molar-refractivity contribution is 0.668. The maximum atomic E-state index is 6.34. The molecule has 0 bridgehead atoms. The molecule has 280 valence electrons. The van der Waals surface area contributed by atoms with E-state index >= 15 is 0 Å². The summed E-state index contributed by atoms with van der Waals surface area (Å²) < 4.78 is 12.7. The maximum Gasteiger partial charge on any atom is 0.137 e. The first-order valence-electron chi connectivity index (χ1n) is 20.4. The van der Waals surface area contributed by atoms with E-state index in [2.05, 4.69) is 192 Å². The zero-order valence-electron chi connectivity index (χ0n) is 32.3. The molecule has 0 N–H and O–H groups in total. The summed E-state index contributed by atoms with van der Waals surface area (Å²) in [6.07, 6.45) is 0. The predicted octanol–water partition coefficient (Wildman–Crippen LogP) is 16.4. The van der Waals surface area contributed by atoms with Crippen molar-refractivity contribution in [1.82, 2.24) is 0 Å². The highest BCUT2D eigenvalue weighted by atomic mass is 16.3. The number of para-hydroxylation sites is 4. The van der Waals surface area contributed by atoms with Crippen LogP contribution in [0.1, 0.15) is 0 Å². The summed E-state index contributed by atoms with van der Waals surface area (Å²) in [7, 11) is 0. The number of furan rings is 2. The van der Waals surface area contributed by atoms with Gasteiger partial charge in [-0.3, -0.25) is 0 Å². The molecule has 0 unspecified atom stereocenters. The van der Waals surface area contributed by atoms with Gasteiger partial charge in [0.25, 0.3) is 0 Å². The van der Waals surface area contributed by atoms with Crippen molar-refractivity contribution in [2.75, 3.05) is 9.80 Å². The summed E-state index contributed by atoms with van der Waals surface area (Å²) in [4.78, 5) is 4.71. The van der Waals surface area contributed by atoms with Crippen molar-refractivity contribution < 1.29 is 8.83 Å². The Kier molecular flexibility index (Phi) is 6.98. The van der Waals surface area contributed by atoms with Crippen LogP contribution in [0.3, 0.4) is 0 Å². The Labute approximate surface area is 345 Å². The van der Waals surface area contributed by atoms with Crippen molar-refractivity contribution in [3.8, 4) is 22.3 Å². The first-order chi connectivity index (χ1) is 29.7. The Hall–Kier alpha value is -8.08. The average Bonchev–Trinajstić information content (AvgIpc) is 3.88. The minimum Gasteiger partial charge on any atom is -0.456 e. The van der Waals surface area contributed by atoms with E-state index in [0.717, 1.165) is 78.0 Å². The highest BCUT2D eigenvalue weighted by Crippen LogP contribution is 2.52. The Bertz CT molecular complexity index is 3420. The number of hydrogen-bond acceptors (Lipinski definition) is 4. The molecular weight excluding hydrogens is 733 g/mol. The normalized spacial score (nSPS) is 12.0. The third-order valence-electron chi connectivity index (χ3n) is 12.3. The van der Waals surface area contributed by atoms with Gasteiger partial charge in [0.2, 0.25) is 0 Å². The third kappa shape index (κ3) is 4.91. The summed E-state index contributed by atoms with van der Waals surface area (Å²) in [5, 5.41) is 9.28. The summed E-state index contributed by atoms with van der Waals surface area (Å²) in [5.74, 6) is 0. The van der Waals surface area contributed by atoms with Crippen LogP contribution in [0.25, 0.3) is 87.7 Å². The van der Waals surface area contributed by atoms with Crippen molar-refractivity contribution >= 4 is 99.5 Å². The second-order valence-electron chi connectivity index (χ2n) is 15.7. The molecule has 2 heterocycles. The standard InChI is InChI=1S/C56H34N2O2/c1-3-13-39(14-4-1)57(49-19-11-23-53-55(49)43-17-7-9-21-51(43)59-53)41-27-25-35-31-45-47(33-37(35)29-41)46-32-36-26-28-42(30-38(36)34-48(45)46)58(40-15-5-2-6-16-40)50-20-12-24-54-56(50)44-18-8-10-22-52(44)60-54/h1-34H. The van der Waals surface area contributed by atoms with E-state index in [0.29, 0.717) is 0 Å². The van der Waals surface area contributed by atoms with E-state index in [1.807, 2.05) is 24.3 Å². The van der Waals surface area contributed by atoms with Crippen molar-refractivity contribution in [2.45, 2.75) is 0 Å². The van der Waals surface area contributed by atoms with Crippen LogP contribution < -0.4 is 9.80 Å². The van der Waals surface area contributed by atoms with Crippen LogP contribution in [-0.4, -0.2) is 0 Å². The molecule has 10 aromatic carbocycles. The monoisotopic (exact) mass is 766 g/mol. The molecule has 12 aromatic rings. The SMILES string of the molecule is c1ccc(N(c2ccc3cc4c(cc3c2)-c2cc3ccc(N(c5ccccc5)c5cccc6oc7ccccc7c56)cc3cc2-4)c2cccc3oc4ccccc4c23)cc1. The second kappa shape index (κ2) is 12.7. The van der Waals surface area contributed by atoms with E-state index < -0.39 is 0 Å². The molecule has 0 atom stereocenters. The van der Waals surface area contributed by atoms with Gasteiger partial charge in [0.15, 0.2) is 0 Å². The van der Waals surface area contributed by atoms with E-state index in [-0.39, 0.29) is 0 Å². The predicted molar refractivity (Wildman–Crippen MR) is 250 cm³/mol. The van der Waals surface area contributed by atoms with Crippen LogP contribution in [0.15, 0.2) is 215 Å². The molecule has 2 aromatic heterocycles. The molecule has 4 heteroatoms. The minimum absolute atomic E-state index is 0.879. The van der Waals surface area contributed by atoms with E-state index in [4.69, 9.17) is 8.83 Å². The number of hydrogen-bond donors (Lipinski definition) is 0. The molecule has 60 heavy (non-hydrogen) atoms. The molecule has 0 radical (unpaired) electrons. The first kappa shape index (κ1) is 32.9. The van der Waals surface area contributed by atoms with Gasteiger partial charge in [-0.15, -0.1) is 0 Å². The topological polar surface area (TPSA) is 32.8 Å². The van der Waals surface area contributed by atoms with Gasteiger partial charge in [0, 0.05) is 33.5 Å². The Morgan fingerprint density at radius 1 is 0.267 bits per heavy atom. The maximum absolute atomic E-state index is 6.34. The van der Waals surface area contributed by atoms with Gasteiger partial charge in [-0.1, -0.05) is 97.1 Å². The number of nitrogens with zero attached hydrogens (tertiary/aromatic N) is 2. The highest BCUT2D eigenvalue weighted by Gasteiger charge is 2.26. The number of anilines is 6. The smallest absolute Gasteiger partial charge is 0.137 e. The molecule has 0 aliphatic heterocycles. The molecule has 0 saturated carbocycles. The lowest BCUT2D eigenvalue weighted by Crippen LogP contribution is -2.10. The number of fused-ring (bicyclic) bond motifs is 12. The first-order valence-corrected chi connectivity index (χ1v) is 20.4. The second-order valence-corrected chi connectivity index (χ2v) is 15.7. The zero-order valence-corrected chi connectivity index (χ0v) is 32.3. The van der Waals surface area contributed by atoms with Crippen molar-refractivity contribution in [2.24, 2.45) is 0 Å². The lowest BCUT2D eigenvalue weighted by atomic mass is 9.78. The molecule has 0 fully saturated rings. The van der Waals surface area contributed by atoms with Crippen LogP contribution in [-0.2, 0) is 0 Å². The fourth-order valence-electron chi connectivity index (χ4n) is 9.57. The zero-order chi connectivity index (χ0) is 39.3. The van der Waals surface area contributed by atoms with Gasteiger partial charge in [0.1, 0.15) is 22.3 Å².